The lowest BCUT2D eigenvalue weighted by Gasteiger charge is -2.25. The molecule has 1 aromatic carbocycles. The Morgan fingerprint density at radius 2 is 2.00 bits per heavy atom. The van der Waals surface area contributed by atoms with Crippen molar-refractivity contribution in [2.45, 2.75) is 43.4 Å². The van der Waals surface area contributed by atoms with Gasteiger partial charge in [-0.25, -0.2) is 13.2 Å². The molecule has 1 aromatic heterocycles. The van der Waals surface area contributed by atoms with Crippen LogP contribution in [0.5, 0.6) is 5.75 Å². The molecule has 2 aromatic rings. The average Bonchev–Trinajstić information content (AvgIpc) is 3.57. The highest BCUT2D eigenvalue weighted by Crippen LogP contribution is 2.42. The minimum atomic E-state index is -1.47. The van der Waals surface area contributed by atoms with Crippen molar-refractivity contribution >= 4 is 11.8 Å². The lowest BCUT2D eigenvalue weighted by atomic mass is 9.87. The second-order valence-corrected chi connectivity index (χ2v) is 11.2. The monoisotopic (exact) mass is 545 g/mol. The molecule has 38 heavy (non-hydrogen) atoms. The standard InChI is InChI=1S/C29H34F3N3O2S/c1-18-21(15-22-23(30)8-6-9-24(22)31)29-35(19(17-38-29)16-33-11-14-34-12-3-4-13-34)28(36)26(18)20-7-5-10-25(37-2)27(20)32/h5-10,19,22-23,33H,3-4,11-17H2,1-2H3. The number of thioether (sulfide) groups is 1. The van der Waals surface area contributed by atoms with Gasteiger partial charge < -0.3 is 15.0 Å². The molecular weight excluding hydrogens is 511 g/mol. The van der Waals surface area contributed by atoms with Crippen molar-refractivity contribution in [3.05, 3.63) is 69.6 Å². The lowest BCUT2D eigenvalue weighted by molar-refractivity contribution is 0.271. The van der Waals surface area contributed by atoms with E-state index in [1.165, 1.54) is 56.0 Å². The van der Waals surface area contributed by atoms with Gasteiger partial charge in [-0.15, -0.1) is 11.8 Å². The lowest BCUT2D eigenvalue weighted by Crippen LogP contribution is -2.36. The number of methoxy groups -OCH3 is 1. The van der Waals surface area contributed by atoms with E-state index in [1.54, 1.807) is 23.6 Å². The number of benzene rings is 1. The zero-order valence-corrected chi connectivity index (χ0v) is 22.6. The summed E-state index contributed by atoms with van der Waals surface area (Å²) in [6.45, 7) is 6.36. The van der Waals surface area contributed by atoms with Gasteiger partial charge in [0.15, 0.2) is 11.6 Å². The molecule has 1 fully saturated rings. The van der Waals surface area contributed by atoms with Crippen molar-refractivity contribution in [3.8, 4) is 16.9 Å². The van der Waals surface area contributed by atoms with Crippen molar-refractivity contribution < 1.29 is 17.9 Å². The third-order valence-corrected chi connectivity index (χ3v) is 9.13. The number of halogens is 3. The highest BCUT2D eigenvalue weighted by atomic mass is 32.2. The van der Waals surface area contributed by atoms with Gasteiger partial charge in [-0.3, -0.25) is 9.36 Å². The molecule has 5 nitrogen and oxygen atoms in total. The van der Waals surface area contributed by atoms with Crippen LogP contribution >= 0.6 is 11.8 Å². The molecule has 9 heteroatoms. The number of aromatic nitrogens is 1. The molecule has 0 radical (unpaired) electrons. The van der Waals surface area contributed by atoms with Crippen LogP contribution in [0.25, 0.3) is 11.1 Å². The molecule has 3 aliphatic rings. The molecule has 1 N–H and O–H groups in total. The van der Waals surface area contributed by atoms with Crippen LogP contribution in [0, 0.1) is 18.7 Å². The van der Waals surface area contributed by atoms with E-state index in [0.29, 0.717) is 23.4 Å². The van der Waals surface area contributed by atoms with Crippen LogP contribution in [-0.4, -0.2) is 61.2 Å². The minimum absolute atomic E-state index is 0.0399. The molecule has 204 valence electrons. The highest BCUT2D eigenvalue weighted by Gasteiger charge is 2.34. The van der Waals surface area contributed by atoms with E-state index in [0.717, 1.165) is 31.2 Å². The Hall–Kier alpha value is -2.49. The molecule has 1 aliphatic carbocycles. The fourth-order valence-electron chi connectivity index (χ4n) is 5.74. The van der Waals surface area contributed by atoms with Crippen molar-refractivity contribution in [1.29, 1.82) is 0 Å². The minimum Gasteiger partial charge on any atom is -0.494 e. The summed E-state index contributed by atoms with van der Waals surface area (Å²) in [5.41, 5.74) is 1.31. The van der Waals surface area contributed by atoms with Gasteiger partial charge >= 0.3 is 0 Å². The van der Waals surface area contributed by atoms with Crippen LogP contribution in [-0.2, 0) is 6.42 Å². The van der Waals surface area contributed by atoms with Gasteiger partial charge in [0, 0.05) is 36.9 Å². The highest BCUT2D eigenvalue weighted by molar-refractivity contribution is 7.99. The number of alkyl halides is 1. The Labute approximate surface area is 225 Å². The van der Waals surface area contributed by atoms with Crippen molar-refractivity contribution in [1.82, 2.24) is 14.8 Å². The number of allylic oxidation sites excluding steroid dienone is 4. The number of hydrogen-bond acceptors (Lipinski definition) is 5. The summed E-state index contributed by atoms with van der Waals surface area (Å²) in [4.78, 5) is 16.4. The van der Waals surface area contributed by atoms with Gasteiger partial charge in [0.25, 0.3) is 5.56 Å². The van der Waals surface area contributed by atoms with Crippen LogP contribution < -0.4 is 15.6 Å². The topological polar surface area (TPSA) is 46.5 Å². The van der Waals surface area contributed by atoms with Crippen molar-refractivity contribution in [2.24, 2.45) is 5.92 Å². The van der Waals surface area contributed by atoms with E-state index in [2.05, 4.69) is 10.2 Å². The number of nitrogens with one attached hydrogen (secondary N) is 1. The van der Waals surface area contributed by atoms with Gasteiger partial charge in [0.2, 0.25) is 0 Å². The summed E-state index contributed by atoms with van der Waals surface area (Å²) >= 11 is 1.53. The summed E-state index contributed by atoms with van der Waals surface area (Å²) in [5.74, 6) is -1.44. The molecule has 0 spiro atoms. The molecule has 1 saturated heterocycles. The quantitative estimate of drug-likeness (QED) is 0.438. The maximum absolute atomic E-state index is 15.4. The molecule has 3 unspecified atom stereocenters. The first-order chi connectivity index (χ1) is 18.4. The molecule has 0 saturated carbocycles. The maximum Gasteiger partial charge on any atom is 0.260 e. The predicted molar refractivity (Wildman–Crippen MR) is 146 cm³/mol. The Morgan fingerprint density at radius 1 is 1.21 bits per heavy atom. The second kappa shape index (κ2) is 11.7. The van der Waals surface area contributed by atoms with Gasteiger partial charge in [-0.2, -0.15) is 0 Å². The number of fused-ring (bicyclic) bond motifs is 1. The Kier molecular flexibility index (Phi) is 8.35. The Morgan fingerprint density at radius 3 is 2.74 bits per heavy atom. The molecule has 0 amide bonds. The number of likely N-dealkylation sites (tertiary alicyclic amines) is 1. The maximum atomic E-state index is 15.4. The Bertz CT molecular complexity index is 1300. The first-order valence-corrected chi connectivity index (χ1v) is 14.2. The molecule has 5 rings (SSSR count). The summed E-state index contributed by atoms with van der Waals surface area (Å²) in [6, 6.07) is 4.56. The fourth-order valence-corrected chi connectivity index (χ4v) is 7.14. The van der Waals surface area contributed by atoms with Gasteiger partial charge in [0.1, 0.15) is 12.0 Å². The van der Waals surface area contributed by atoms with Crippen LogP contribution in [0.1, 0.15) is 30.0 Å². The molecule has 3 atom stereocenters. The van der Waals surface area contributed by atoms with E-state index in [-0.39, 0.29) is 34.9 Å². The summed E-state index contributed by atoms with van der Waals surface area (Å²) < 4.78 is 51.9. The van der Waals surface area contributed by atoms with Gasteiger partial charge in [-0.05, 0) is 68.6 Å². The van der Waals surface area contributed by atoms with Crippen molar-refractivity contribution in [2.75, 3.05) is 45.6 Å². The normalized spacial score (nSPS) is 23.1. The first kappa shape index (κ1) is 27.1. The first-order valence-electron chi connectivity index (χ1n) is 13.2. The van der Waals surface area contributed by atoms with E-state index >= 15 is 4.39 Å². The number of pyridine rings is 1. The second-order valence-electron chi connectivity index (χ2n) is 10.2. The largest absolute Gasteiger partial charge is 0.494 e. The van der Waals surface area contributed by atoms with E-state index < -0.39 is 23.7 Å². The van der Waals surface area contributed by atoms with Crippen molar-refractivity contribution in [3.63, 3.8) is 0 Å². The number of hydrogen-bond donors (Lipinski definition) is 1. The van der Waals surface area contributed by atoms with E-state index in [1.807, 2.05) is 0 Å². The Balaban J connectivity index is 1.53. The third-order valence-electron chi connectivity index (χ3n) is 7.86. The fraction of sp³-hybridized carbons (Fsp3) is 0.483. The van der Waals surface area contributed by atoms with Crippen LogP contribution in [0.3, 0.4) is 0 Å². The molecule has 2 aliphatic heterocycles. The number of ether oxygens (including phenoxy) is 1. The summed E-state index contributed by atoms with van der Waals surface area (Å²) in [7, 11) is 1.38. The number of rotatable bonds is 9. The van der Waals surface area contributed by atoms with Crippen LogP contribution in [0.15, 0.2) is 52.1 Å². The zero-order chi connectivity index (χ0) is 26.8. The molecular formula is C29H34F3N3O2S. The third kappa shape index (κ3) is 5.20. The summed E-state index contributed by atoms with van der Waals surface area (Å²) in [6.07, 6.45) is 5.10. The smallest absolute Gasteiger partial charge is 0.260 e. The summed E-state index contributed by atoms with van der Waals surface area (Å²) in [5, 5.41) is 4.22. The number of nitrogens with zero attached hydrogens (tertiary/aromatic N) is 2. The predicted octanol–water partition coefficient (Wildman–Crippen LogP) is 5.22. The average molecular weight is 546 g/mol. The van der Waals surface area contributed by atoms with E-state index in [9.17, 15) is 13.6 Å². The SMILES string of the molecule is COc1cccc(-c2c(C)c(CC3C(F)=CC=CC3F)c3n(c2=O)C(CNCCN2CCCC2)CS3)c1F. The van der Waals surface area contributed by atoms with Gasteiger partial charge in [-0.1, -0.05) is 18.2 Å². The van der Waals surface area contributed by atoms with Gasteiger partial charge in [0.05, 0.1) is 23.7 Å². The van der Waals surface area contributed by atoms with Crippen LogP contribution in [0.2, 0.25) is 0 Å². The zero-order valence-electron chi connectivity index (χ0n) is 21.8. The molecule has 0 bridgehead atoms. The molecule has 3 heterocycles. The van der Waals surface area contributed by atoms with Crippen LogP contribution in [0.4, 0.5) is 13.2 Å². The van der Waals surface area contributed by atoms with E-state index in [4.69, 9.17) is 4.74 Å².